The van der Waals surface area contributed by atoms with Gasteiger partial charge in [0, 0.05) is 19.2 Å². The maximum Gasteiger partial charge on any atom is 0.274 e. The highest BCUT2D eigenvalue weighted by atomic mass is 16.5. The molecule has 8 nitrogen and oxygen atoms in total. The minimum atomic E-state index is -0.316. The van der Waals surface area contributed by atoms with Crippen LogP contribution in [0.1, 0.15) is 41.0 Å². The summed E-state index contributed by atoms with van der Waals surface area (Å²) in [4.78, 5) is 23.7. The topological polar surface area (TPSA) is 88.4 Å². The maximum absolute atomic E-state index is 13.0. The fourth-order valence-corrected chi connectivity index (χ4v) is 3.10. The molecule has 0 spiro atoms. The van der Waals surface area contributed by atoms with E-state index in [1.807, 2.05) is 42.6 Å². The highest BCUT2D eigenvalue weighted by Crippen LogP contribution is 2.22. The van der Waals surface area contributed by atoms with Gasteiger partial charge in [0.25, 0.3) is 5.91 Å². The van der Waals surface area contributed by atoms with Crippen LogP contribution in [0.25, 0.3) is 5.52 Å². The van der Waals surface area contributed by atoms with Gasteiger partial charge in [-0.1, -0.05) is 13.0 Å². The van der Waals surface area contributed by atoms with Gasteiger partial charge in [-0.3, -0.25) is 9.89 Å². The molecule has 1 fully saturated rings. The van der Waals surface area contributed by atoms with Crippen LogP contribution in [0, 0.1) is 6.92 Å². The van der Waals surface area contributed by atoms with Crippen LogP contribution < -0.4 is 0 Å². The van der Waals surface area contributed by atoms with Gasteiger partial charge in [0.1, 0.15) is 17.8 Å². The molecule has 25 heavy (non-hydrogen) atoms. The summed E-state index contributed by atoms with van der Waals surface area (Å²) in [6, 6.07) is 5.75. The molecule has 4 heterocycles. The van der Waals surface area contributed by atoms with Gasteiger partial charge in [-0.15, -0.1) is 0 Å². The maximum atomic E-state index is 13.0. The molecule has 0 aliphatic carbocycles. The number of aryl methyl sites for hydroxylation is 2. The molecular weight excluding hydrogens is 320 g/mol. The van der Waals surface area contributed by atoms with Crippen molar-refractivity contribution in [3.63, 3.8) is 0 Å². The summed E-state index contributed by atoms with van der Waals surface area (Å²) in [6.45, 7) is 5.31. The van der Waals surface area contributed by atoms with E-state index >= 15 is 0 Å². The van der Waals surface area contributed by atoms with Gasteiger partial charge < -0.3 is 14.0 Å². The van der Waals surface area contributed by atoms with Gasteiger partial charge in [-0.05, 0) is 19.1 Å². The van der Waals surface area contributed by atoms with Crippen LogP contribution in [-0.2, 0) is 11.2 Å². The number of pyridine rings is 1. The second-order valence-electron chi connectivity index (χ2n) is 6.07. The first-order valence-corrected chi connectivity index (χ1v) is 8.43. The quantitative estimate of drug-likeness (QED) is 0.781. The van der Waals surface area contributed by atoms with E-state index in [0.717, 1.165) is 23.6 Å². The summed E-state index contributed by atoms with van der Waals surface area (Å²) in [5, 5.41) is 7.11. The zero-order chi connectivity index (χ0) is 17.4. The van der Waals surface area contributed by atoms with Crippen molar-refractivity contribution in [1.29, 1.82) is 0 Å². The average Bonchev–Trinajstić information content (AvgIpc) is 3.27. The van der Waals surface area contributed by atoms with Gasteiger partial charge in [-0.2, -0.15) is 5.10 Å². The summed E-state index contributed by atoms with van der Waals surface area (Å²) in [6.07, 6.45) is 2.38. The molecule has 0 aromatic carbocycles. The number of nitrogens with one attached hydrogen (secondary N) is 1. The third kappa shape index (κ3) is 2.78. The first kappa shape index (κ1) is 15.8. The molecular formula is C17H20N6O2. The molecule has 1 atom stereocenters. The van der Waals surface area contributed by atoms with E-state index in [0.29, 0.717) is 31.2 Å². The lowest BCUT2D eigenvalue weighted by Gasteiger charge is -2.31. The normalized spacial score (nSPS) is 18.0. The SMILES string of the molecule is CCc1nc([C@@H]2CN(C(=O)c3nc(C)n4ccccc34)CCO2)n[nH]1. The van der Waals surface area contributed by atoms with Crippen molar-refractivity contribution in [3.05, 3.63) is 47.6 Å². The summed E-state index contributed by atoms with van der Waals surface area (Å²) in [5.74, 6) is 2.12. The number of aromatic amines is 1. The Bertz CT molecular complexity index is 915. The molecule has 1 amide bonds. The number of rotatable bonds is 3. The standard InChI is InChI=1S/C17H20N6O2/c1-3-14-19-16(21-20-14)13-10-22(8-9-25-13)17(24)15-12-6-4-5-7-23(12)11(2)18-15/h4-7,13H,3,8-10H2,1-2H3,(H,19,20,21)/t13-/m0/s1. The average molecular weight is 340 g/mol. The van der Waals surface area contributed by atoms with Crippen LogP contribution in [-0.4, -0.2) is 55.1 Å². The molecule has 0 radical (unpaired) electrons. The van der Waals surface area contributed by atoms with Gasteiger partial charge in [0.05, 0.1) is 18.7 Å². The number of morpholine rings is 1. The van der Waals surface area contributed by atoms with Crippen LogP contribution in [0.2, 0.25) is 0 Å². The zero-order valence-corrected chi connectivity index (χ0v) is 14.3. The molecule has 0 unspecified atom stereocenters. The predicted octanol–water partition coefficient (Wildman–Crippen LogP) is 1.54. The smallest absolute Gasteiger partial charge is 0.274 e. The lowest BCUT2D eigenvalue weighted by atomic mass is 10.2. The van der Waals surface area contributed by atoms with E-state index in [1.54, 1.807) is 4.90 Å². The molecule has 0 saturated carbocycles. The summed E-state index contributed by atoms with van der Waals surface area (Å²) in [5.41, 5.74) is 1.29. The zero-order valence-electron chi connectivity index (χ0n) is 14.3. The number of hydrogen-bond acceptors (Lipinski definition) is 5. The van der Waals surface area contributed by atoms with Crippen molar-refractivity contribution in [2.75, 3.05) is 19.7 Å². The number of H-pyrrole nitrogens is 1. The number of fused-ring (bicyclic) bond motifs is 1. The number of nitrogens with zero attached hydrogens (tertiary/aromatic N) is 5. The third-order valence-electron chi connectivity index (χ3n) is 4.45. The minimum absolute atomic E-state index is 0.0867. The Hall–Kier alpha value is -2.74. The van der Waals surface area contributed by atoms with E-state index < -0.39 is 0 Å². The highest BCUT2D eigenvalue weighted by molar-refractivity contribution is 5.99. The van der Waals surface area contributed by atoms with Gasteiger partial charge in [-0.25, -0.2) is 9.97 Å². The van der Waals surface area contributed by atoms with E-state index in [2.05, 4.69) is 20.2 Å². The number of amides is 1. The molecule has 1 saturated heterocycles. The predicted molar refractivity (Wildman–Crippen MR) is 90.3 cm³/mol. The Labute approximate surface area is 144 Å². The Morgan fingerprint density at radius 3 is 3.08 bits per heavy atom. The van der Waals surface area contributed by atoms with Crippen LogP contribution in [0.5, 0.6) is 0 Å². The van der Waals surface area contributed by atoms with Crippen LogP contribution in [0.4, 0.5) is 0 Å². The van der Waals surface area contributed by atoms with E-state index in [4.69, 9.17) is 4.74 Å². The Morgan fingerprint density at radius 2 is 2.28 bits per heavy atom. The monoisotopic (exact) mass is 340 g/mol. The summed E-state index contributed by atoms with van der Waals surface area (Å²) < 4.78 is 7.69. The van der Waals surface area contributed by atoms with E-state index in [1.165, 1.54) is 0 Å². The van der Waals surface area contributed by atoms with E-state index in [-0.39, 0.29) is 12.0 Å². The van der Waals surface area contributed by atoms with Gasteiger partial charge >= 0.3 is 0 Å². The number of carbonyl (C=O) groups is 1. The number of aromatic nitrogens is 5. The Morgan fingerprint density at radius 1 is 1.40 bits per heavy atom. The number of ether oxygens (including phenoxy) is 1. The second-order valence-corrected chi connectivity index (χ2v) is 6.07. The largest absolute Gasteiger partial charge is 0.366 e. The van der Waals surface area contributed by atoms with Gasteiger partial charge in [0.2, 0.25) is 0 Å². The first-order valence-electron chi connectivity index (χ1n) is 8.43. The van der Waals surface area contributed by atoms with Crippen LogP contribution in [0.3, 0.4) is 0 Å². The molecule has 1 aliphatic heterocycles. The summed E-state index contributed by atoms with van der Waals surface area (Å²) >= 11 is 0. The Balaban J connectivity index is 1.59. The Kier molecular flexibility index (Phi) is 3.96. The fraction of sp³-hybridized carbons (Fsp3) is 0.412. The number of hydrogen-bond donors (Lipinski definition) is 1. The summed E-state index contributed by atoms with van der Waals surface area (Å²) in [7, 11) is 0. The van der Waals surface area contributed by atoms with Crippen LogP contribution >= 0.6 is 0 Å². The van der Waals surface area contributed by atoms with Crippen molar-refractivity contribution in [1.82, 2.24) is 29.5 Å². The lowest BCUT2D eigenvalue weighted by molar-refractivity contribution is -0.0267. The first-order chi connectivity index (χ1) is 12.2. The molecule has 4 rings (SSSR count). The molecule has 3 aromatic heterocycles. The third-order valence-corrected chi connectivity index (χ3v) is 4.45. The number of imidazole rings is 1. The number of carbonyl (C=O) groups excluding carboxylic acids is 1. The molecule has 8 heteroatoms. The fourth-order valence-electron chi connectivity index (χ4n) is 3.10. The second kappa shape index (κ2) is 6.29. The molecule has 0 bridgehead atoms. The van der Waals surface area contributed by atoms with Gasteiger partial charge in [0.15, 0.2) is 11.5 Å². The minimum Gasteiger partial charge on any atom is -0.366 e. The van der Waals surface area contributed by atoms with Crippen molar-refractivity contribution in [3.8, 4) is 0 Å². The van der Waals surface area contributed by atoms with Crippen molar-refractivity contribution in [2.24, 2.45) is 0 Å². The molecule has 3 aromatic rings. The molecule has 130 valence electrons. The molecule has 1 aliphatic rings. The van der Waals surface area contributed by atoms with Crippen molar-refractivity contribution >= 4 is 11.4 Å². The highest BCUT2D eigenvalue weighted by Gasteiger charge is 2.30. The van der Waals surface area contributed by atoms with Crippen molar-refractivity contribution < 1.29 is 9.53 Å². The lowest BCUT2D eigenvalue weighted by Crippen LogP contribution is -2.42. The van der Waals surface area contributed by atoms with Crippen LogP contribution in [0.15, 0.2) is 24.4 Å². The molecule has 1 N–H and O–H groups in total. The van der Waals surface area contributed by atoms with Crippen molar-refractivity contribution in [2.45, 2.75) is 26.4 Å². The van der Waals surface area contributed by atoms with E-state index in [9.17, 15) is 4.79 Å².